The number of hydrazone groups is 1. The smallest absolute Gasteiger partial charge is 0.329 e. The van der Waals surface area contributed by atoms with Gasteiger partial charge in [-0.3, -0.25) is 9.59 Å². The molecular weight excluding hydrogens is 544 g/mol. The van der Waals surface area contributed by atoms with Crippen LogP contribution in [0.4, 0.5) is 0 Å². The fraction of sp³-hybridized carbons (Fsp3) is 0.296. The van der Waals surface area contributed by atoms with Gasteiger partial charge in [0, 0.05) is 24.7 Å². The first-order chi connectivity index (χ1) is 18.7. The minimum atomic E-state index is -3.87. The van der Waals surface area contributed by atoms with Crippen LogP contribution < -0.4 is 10.7 Å². The normalized spacial score (nSPS) is 15.6. The van der Waals surface area contributed by atoms with Gasteiger partial charge in [-0.25, -0.2) is 13.8 Å². The number of furan rings is 1. The summed E-state index contributed by atoms with van der Waals surface area (Å²) in [5.74, 6) is -1.11. The lowest BCUT2D eigenvalue weighted by atomic mass is 10.2. The van der Waals surface area contributed by atoms with E-state index in [0.717, 1.165) is 24.0 Å². The maximum atomic E-state index is 13.5. The Morgan fingerprint density at radius 3 is 2.49 bits per heavy atom. The largest absolute Gasteiger partial charge is 0.459 e. The molecule has 0 radical (unpaired) electrons. The van der Waals surface area contributed by atoms with Crippen molar-refractivity contribution in [3.63, 3.8) is 0 Å². The SMILES string of the molecule is Cc1ccc(S(=O)(=O)N(Cc2ccc(Cl)cc2)Cc2ccc(/C=N/NC(=O)C(=O)NC[C@H]3CCCO3)o2)cc1. The van der Waals surface area contributed by atoms with Crippen molar-refractivity contribution in [1.82, 2.24) is 15.0 Å². The van der Waals surface area contributed by atoms with Crippen LogP contribution in [0.15, 0.2) is 75.1 Å². The number of nitrogens with one attached hydrogen (secondary N) is 2. The molecule has 1 saturated heterocycles. The first kappa shape index (κ1) is 28.5. The van der Waals surface area contributed by atoms with Gasteiger partial charge in [-0.05, 0) is 61.7 Å². The van der Waals surface area contributed by atoms with Crippen LogP contribution in [0.3, 0.4) is 0 Å². The van der Waals surface area contributed by atoms with E-state index in [9.17, 15) is 18.0 Å². The highest BCUT2D eigenvalue weighted by Gasteiger charge is 2.26. The van der Waals surface area contributed by atoms with E-state index in [1.165, 1.54) is 10.5 Å². The molecule has 3 aromatic rings. The molecule has 12 heteroatoms. The number of aryl methyl sites for hydroxylation is 1. The number of halogens is 1. The van der Waals surface area contributed by atoms with Crippen LogP contribution in [0.5, 0.6) is 0 Å². The second-order valence-corrected chi connectivity index (χ2v) is 11.4. The molecule has 0 aliphatic carbocycles. The topological polar surface area (TPSA) is 130 Å². The van der Waals surface area contributed by atoms with Crippen LogP contribution >= 0.6 is 11.6 Å². The third kappa shape index (κ3) is 7.99. The van der Waals surface area contributed by atoms with Crippen LogP contribution in [0, 0.1) is 6.92 Å². The van der Waals surface area contributed by atoms with Gasteiger partial charge in [0.05, 0.1) is 23.8 Å². The Morgan fingerprint density at radius 1 is 1.05 bits per heavy atom. The molecule has 1 aromatic heterocycles. The minimum absolute atomic E-state index is 0.0509. The number of hydrogen-bond acceptors (Lipinski definition) is 7. The van der Waals surface area contributed by atoms with E-state index in [1.54, 1.807) is 60.7 Å². The number of nitrogens with zero attached hydrogens (tertiary/aromatic N) is 2. The molecular formula is C27H29ClN4O6S. The maximum Gasteiger partial charge on any atom is 0.329 e. The molecule has 2 amide bonds. The molecule has 1 fully saturated rings. The summed E-state index contributed by atoms with van der Waals surface area (Å²) >= 11 is 5.99. The molecule has 1 atom stereocenters. The van der Waals surface area contributed by atoms with Crippen molar-refractivity contribution in [2.75, 3.05) is 13.2 Å². The third-order valence-electron chi connectivity index (χ3n) is 6.02. The molecule has 2 N–H and O–H groups in total. The van der Waals surface area contributed by atoms with E-state index in [2.05, 4.69) is 15.8 Å². The number of sulfonamides is 1. The van der Waals surface area contributed by atoms with Gasteiger partial charge < -0.3 is 14.5 Å². The van der Waals surface area contributed by atoms with E-state index >= 15 is 0 Å². The van der Waals surface area contributed by atoms with E-state index in [4.69, 9.17) is 20.8 Å². The Balaban J connectivity index is 1.41. The second kappa shape index (κ2) is 13.0. The first-order valence-electron chi connectivity index (χ1n) is 12.3. The van der Waals surface area contributed by atoms with Gasteiger partial charge in [0.1, 0.15) is 11.5 Å². The summed E-state index contributed by atoms with van der Waals surface area (Å²) in [6, 6.07) is 16.8. The van der Waals surface area contributed by atoms with Crippen molar-refractivity contribution in [3.8, 4) is 0 Å². The molecule has 4 rings (SSSR count). The number of hydrogen-bond donors (Lipinski definition) is 2. The molecule has 2 heterocycles. The lowest BCUT2D eigenvalue weighted by Crippen LogP contribution is -2.41. The summed E-state index contributed by atoms with van der Waals surface area (Å²) in [6.45, 7) is 2.84. The molecule has 0 bridgehead atoms. The van der Waals surface area contributed by atoms with E-state index in [1.807, 2.05) is 6.92 Å². The van der Waals surface area contributed by atoms with E-state index in [-0.39, 0.29) is 36.4 Å². The number of carbonyl (C=O) groups excluding carboxylic acids is 2. The van der Waals surface area contributed by atoms with Crippen LogP contribution in [0.25, 0.3) is 0 Å². The van der Waals surface area contributed by atoms with Crippen molar-refractivity contribution >= 4 is 39.7 Å². The summed E-state index contributed by atoms with van der Waals surface area (Å²) in [5, 5.41) is 6.82. The van der Waals surface area contributed by atoms with Gasteiger partial charge in [0.2, 0.25) is 10.0 Å². The van der Waals surface area contributed by atoms with Crippen LogP contribution in [-0.2, 0) is 37.4 Å². The van der Waals surface area contributed by atoms with Gasteiger partial charge in [-0.1, -0.05) is 41.4 Å². The van der Waals surface area contributed by atoms with Gasteiger partial charge in [0.25, 0.3) is 0 Å². The van der Waals surface area contributed by atoms with Crippen molar-refractivity contribution in [2.45, 2.75) is 43.9 Å². The van der Waals surface area contributed by atoms with Crippen LogP contribution in [0.2, 0.25) is 5.02 Å². The lowest BCUT2D eigenvalue weighted by Gasteiger charge is -2.21. The molecule has 10 nitrogen and oxygen atoms in total. The zero-order chi connectivity index (χ0) is 27.8. The zero-order valence-corrected chi connectivity index (χ0v) is 22.9. The summed E-state index contributed by atoms with van der Waals surface area (Å²) in [6.07, 6.45) is 2.91. The highest BCUT2D eigenvalue weighted by atomic mass is 35.5. The molecule has 39 heavy (non-hydrogen) atoms. The predicted octanol–water partition coefficient (Wildman–Crippen LogP) is 3.38. The zero-order valence-electron chi connectivity index (χ0n) is 21.3. The summed E-state index contributed by atoms with van der Waals surface area (Å²) in [4.78, 5) is 24.0. The summed E-state index contributed by atoms with van der Waals surface area (Å²) in [5.41, 5.74) is 3.84. The van der Waals surface area contributed by atoms with E-state index in [0.29, 0.717) is 17.4 Å². The Labute approximate surface area is 232 Å². The Bertz CT molecular complexity index is 1420. The number of rotatable bonds is 10. The number of ether oxygens (including phenoxy) is 1. The summed E-state index contributed by atoms with van der Waals surface area (Å²) in [7, 11) is -3.87. The Hall–Kier alpha value is -3.51. The van der Waals surface area contributed by atoms with Gasteiger partial charge in [-0.2, -0.15) is 9.41 Å². The van der Waals surface area contributed by atoms with E-state index < -0.39 is 21.8 Å². The number of amides is 2. The molecule has 2 aromatic carbocycles. The molecule has 0 saturated carbocycles. The Morgan fingerprint density at radius 2 is 1.79 bits per heavy atom. The molecule has 1 aliphatic heterocycles. The van der Waals surface area contributed by atoms with Gasteiger partial charge in [-0.15, -0.1) is 0 Å². The van der Waals surface area contributed by atoms with Gasteiger partial charge >= 0.3 is 11.8 Å². The molecule has 1 aliphatic rings. The number of benzene rings is 2. The minimum Gasteiger partial charge on any atom is -0.459 e. The molecule has 0 unspecified atom stereocenters. The van der Waals surface area contributed by atoms with Crippen LogP contribution in [-0.4, -0.2) is 50.0 Å². The standard InChI is InChI=1S/C27H29ClN4O6S/c1-19-4-12-25(13-5-19)39(35,36)32(17-20-6-8-21(28)9-7-20)18-24-11-10-23(38-24)16-30-31-27(34)26(33)29-15-22-3-2-14-37-22/h4-13,16,22H,2-3,14-15,17-18H2,1H3,(H,29,33)(H,31,34)/b30-16+/t22-/m1/s1. The Kier molecular flexibility index (Phi) is 9.52. The van der Waals surface area contributed by atoms with Crippen molar-refractivity contribution in [1.29, 1.82) is 0 Å². The lowest BCUT2D eigenvalue weighted by molar-refractivity contribution is -0.139. The average Bonchev–Trinajstić information content (AvgIpc) is 3.60. The second-order valence-electron chi connectivity index (χ2n) is 9.06. The molecule has 206 valence electrons. The molecule has 0 spiro atoms. The van der Waals surface area contributed by atoms with Crippen molar-refractivity contribution in [3.05, 3.63) is 88.3 Å². The fourth-order valence-electron chi connectivity index (χ4n) is 3.90. The number of carbonyl (C=O) groups is 2. The van der Waals surface area contributed by atoms with Gasteiger partial charge in [0.15, 0.2) is 0 Å². The third-order valence-corrected chi connectivity index (χ3v) is 8.08. The highest BCUT2D eigenvalue weighted by molar-refractivity contribution is 7.89. The highest BCUT2D eigenvalue weighted by Crippen LogP contribution is 2.23. The van der Waals surface area contributed by atoms with Crippen molar-refractivity contribution < 1.29 is 27.2 Å². The first-order valence-corrected chi connectivity index (χ1v) is 14.2. The predicted molar refractivity (Wildman–Crippen MR) is 145 cm³/mol. The van der Waals surface area contributed by atoms with Crippen LogP contribution in [0.1, 0.15) is 35.5 Å². The monoisotopic (exact) mass is 572 g/mol. The summed E-state index contributed by atoms with van der Waals surface area (Å²) < 4.78 is 39.5. The fourth-order valence-corrected chi connectivity index (χ4v) is 5.42. The quantitative estimate of drug-likeness (QED) is 0.218. The maximum absolute atomic E-state index is 13.5. The van der Waals surface area contributed by atoms with Crippen molar-refractivity contribution in [2.24, 2.45) is 5.10 Å². The average molecular weight is 573 g/mol.